The Kier molecular flexibility index (Phi) is 5.11. The van der Waals surface area contributed by atoms with E-state index >= 15 is 0 Å². The Morgan fingerprint density at radius 3 is 2.57 bits per heavy atom. The largest absolute Gasteiger partial charge is 0.416 e. The van der Waals surface area contributed by atoms with Crippen molar-refractivity contribution in [2.45, 2.75) is 45.8 Å². The Labute approximate surface area is 172 Å². The Balaban J connectivity index is 1.85. The molecular weight excluding hydrogens is 427 g/mol. The number of hydrogen-bond acceptors (Lipinski definition) is 1. The van der Waals surface area contributed by atoms with E-state index in [-0.39, 0.29) is 6.04 Å². The molecule has 2 aliphatic rings. The fraction of sp³-hybridized carbons (Fsp3) is 0.478. The second-order valence-electron chi connectivity index (χ2n) is 8.47. The summed E-state index contributed by atoms with van der Waals surface area (Å²) in [5.74, 6) is 1.49. The molecule has 0 spiro atoms. The SMILES string of the molecule is CC1=CC(C)C(C)C(C2NCCc3c2ccc2c(Br)cc(C(F)(F)F)cc32)C1. The summed E-state index contributed by atoms with van der Waals surface area (Å²) in [7, 11) is 0. The summed E-state index contributed by atoms with van der Waals surface area (Å²) in [5, 5.41) is 5.27. The van der Waals surface area contributed by atoms with Gasteiger partial charge in [-0.2, -0.15) is 13.2 Å². The van der Waals surface area contributed by atoms with Gasteiger partial charge < -0.3 is 5.32 Å². The van der Waals surface area contributed by atoms with Crippen molar-refractivity contribution in [1.29, 1.82) is 0 Å². The van der Waals surface area contributed by atoms with E-state index in [0.29, 0.717) is 22.2 Å². The maximum Gasteiger partial charge on any atom is 0.416 e. The molecule has 0 bridgehead atoms. The fourth-order valence-electron chi connectivity index (χ4n) is 5.08. The van der Waals surface area contributed by atoms with E-state index in [2.05, 4.69) is 54.2 Å². The van der Waals surface area contributed by atoms with Crippen LogP contribution in [-0.2, 0) is 12.6 Å². The van der Waals surface area contributed by atoms with Crippen LogP contribution in [0.15, 0.2) is 40.4 Å². The average Bonchev–Trinajstić information content (AvgIpc) is 2.63. The second kappa shape index (κ2) is 7.17. The maximum atomic E-state index is 13.4. The zero-order valence-corrected chi connectivity index (χ0v) is 17.9. The molecule has 0 amide bonds. The number of rotatable bonds is 1. The minimum absolute atomic E-state index is 0.183. The van der Waals surface area contributed by atoms with Crippen molar-refractivity contribution in [3.05, 3.63) is 57.1 Å². The predicted octanol–water partition coefficient (Wildman–Crippen LogP) is 7.05. The highest BCUT2D eigenvalue weighted by Gasteiger charge is 2.36. The summed E-state index contributed by atoms with van der Waals surface area (Å²) in [4.78, 5) is 0. The van der Waals surface area contributed by atoms with Crippen LogP contribution in [-0.4, -0.2) is 6.54 Å². The van der Waals surface area contributed by atoms with Gasteiger partial charge in [0.25, 0.3) is 0 Å². The molecule has 28 heavy (non-hydrogen) atoms. The van der Waals surface area contributed by atoms with Gasteiger partial charge in [0.05, 0.1) is 5.56 Å². The van der Waals surface area contributed by atoms with Crippen LogP contribution in [0.1, 0.15) is 49.9 Å². The molecule has 5 heteroatoms. The number of hydrogen-bond donors (Lipinski definition) is 1. The molecular formula is C23H25BrF3N. The first-order valence-electron chi connectivity index (χ1n) is 9.89. The van der Waals surface area contributed by atoms with Crippen molar-refractivity contribution in [3.8, 4) is 0 Å². The highest BCUT2D eigenvalue weighted by molar-refractivity contribution is 9.10. The van der Waals surface area contributed by atoms with Gasteiger partial charge in [0.1, 0.15) is 0 Å². The molecule has 2 aromatic rings. The maximum absolute atomic E-state index is 13.4. The number of benzene rings is 2. The van der Waals surface area contributed by atoms with Crippen molar-refractivity contribution in [3.63, 3.8) is 0 Å². The Hall–Kier alpha value is -1.33. The van der Waals surface area contributed by atoms with Crippen LogP contribution in [0.5, 0.6) is 0 Å². The fourth-order valence-corrected chi connectivity index (χ4v) is 5.67. The van der Waals surface area contributed by atoms with Crippen molar-refractivity contribution in [1.82, 2.24) is 5.32 Å². The lowest BCUT2D eigenvalue weighted by Crippen LogP contribution is -2.39. The van der Waals surface area contributed by atoms with Gasteiger partial charge in [-0.05, 0) is 78.1 Å². The van der Waals surface area contributed by atoms with Crippen molar-refractivity contribution < 1.29 is 13.2 Å². The van der Waals surface area contributed by atoms with E-state index in [1.54, 1.807) is 0 Å². The zero-order chi connectivity index (χ0) is 20.2. The van der Waals surface area contributed by atoms with Gasteiger partial charge in [-0.15, -0.1) is 0 Å². The quantitative estimate of drug-likeness (QED) is 0.458. The number of fused-ring (bicyclic) bond motifs is 3. The van der Waals surface area contributed by atoms with Crippen molar-refractivity contribution in [2.75, 3.05) is 6.54 Å². The summed E-state index contributed by atoms with van der Waals surface area (Å²) in [5.41, 5.74) is 3.06. The normalized spacial score (nSPS) is 28.2. The Morgan fingerprint density at radius 2 is 1.86 bits per heavy atom. The minimum Gasteiger partial charge on any atom is -0.309 e. The molecule has 1 N–H and O–H groups in total. The Morgan fingerprint density at radius 1 is 1.11 bits per heavy atom. The van der Waals surface area contributed by atoms with Gasteiger partial charge in [0.15, 0.2) is 0 Å². The third kappa shape index (κ3) is 3.41. The third-order valence-electron chi connectivity index (χ3n) is 6.67. The molecule has 4 atom stereocenters. The van der Waals surface area contributed by atoms with E-state index in [9.17, 15) is 13.2 Å². The third-order valence-corrected chi connectivity index (χ3v) is 7.33. The molecule has 1 heterocycles. The molecule has 1 aliphatic carbocycles. The molecule has 0 saturated carbocycles. The number of allylic oxidation sites excluding steroid dienone is 2. The topological polar surface area (TPSA) is 12.0 Å². The lowest BCUT2D eigenvalue weighted by atomic mass is 9.69. The molecule has 150 valence electrons. The summed E-state index contributed by atoms with van der Waals surface area (Å²) in [6, 6.07) is 6.80. The van der Waals surface area contributed by atoms with E-state index in [4.69, 9.17) is 0 Å². The molecule has 0 fully saturated rings. The number of halogens is 4. The van der Waals surface area contributed by atoms with E-state index in [0.717, 1.165) is 35.7 Å². The van der Waals surface area contributed by atoms with Gasteiger partial charge >= 0.3 is 6.18 Å². The van der Waals surface area contributed by atoms with Gasteiger partial charge in [-0.25, -0.2) is 0 Å². The van der Waals surface area contributed by atoms with Crippen LogP contribution in [0, 0.1) is 17.8 Å². The van der Waals surface area contributed by atoms with Crippen LogP contribution >= 0.6 is 15.9 Å². The second-order valence-corrected chi connectivity index (χ2v) is 9.32. The lowest BCUT2D eigenvalue weighted by molar-refractivity contribution is -0.137. The molecule has 2 aromatic carbocycles. The average molecular weight is 452 g/mol. The molecule has 0 radical (unpaired) electrons. The summed E-state index contributed by atoms with van der Waals surface area (Å²) >= 11 is 3.36. The van der Waals surface area contributed by atoms with Crippen LogP contribution < -0.4 is 5.32 Å². The lowest BCUT2D eigenvalue weighted by Gasteiger charge is -2.41. The molecule has 1 aliphatic heterocycles. The van der Waals surface area contributed by atoms with Gasteiger partial charge in [-0.3, -0.25) is 0 Å². The van der Waals surface area contributed by atoms with E-state index in [1.807, 2.05) is 6.07 Å². The van der Waals surface area contributed by atoms with Gasteiger partial charge in [0.2, 0.25) is 0 Å². The summed E-state index contributed by atoms with van der Waals surface area (Å²) in [6.07, 6.45) is -0.200. The van der Waals surface area contributed by atoms with E-state index in [1.165, 1.54) is 23.3 Å². The zero-order valence-electron chi connectivity index (χ0n) is 16.3. The monoisotopic (exact) mass is 451 g/mol. The molecule has 0 aromatic heterocycles. The highest BCUT2D eigenvalue weighted by Crippen LogP contribution is 2.45. The van der Waals surface area contributed by atoms with E-state index < -0.39 is 11.7 Å². The van der Waals surface area contributed by atoms with Gasteiger partial charge in [0, 0.05) is 10.5 Å². The number of alkyl halides is 3. The first kappa shape index (κ1) is 20.0. The van der Waals surface area contributed by atoms with Crippen molar-refractivity contribution >= 4 is 26.7 Å². The smallest absolute Gasteiger partial charge is 0.309 e. The molecule has 1 nitrogen and oxygen atoms in total. The van der Waals surface area contributed by atoms with Crippen LogP contribution in [0.4, 0.5) is 13.2 Å². The van der Waals surface area contributed by atoms with Gasteiger partial charge in [-0.1, -0.05) is 53.6 Å². The summed E-state index contributed by atoms with van der Waals surface area (Å²) < 4.78 is 40.7. The summed E-state index contributed by atoms with van der Waals surface area (Å²) in [6.45, 7) is 7.54. The standard InChI is InChI=1S/C23H25BrF3N/c1-12-8-13(2)14(3)19(9-12)22-18-5-4-17-20(16(18)6-7-28-22)10-15(11-21(17)24)23(25,26)27/h4-5,8,10-11,13-14,19,22,28H,6-7,9H2,1-3H3. The molecule has 0 saturated heterocycles. The predicted molar refractivity (Wildman–Crippen MR) is 111 cm³/mol. The molecule has 4 unspecified atom stereocenters. The first-order chi connectivity index (χ1) is 13.2. The van der Waals surface area contributed by atoms with Crippen LogP contribution in [0.2, 0.25) is 0 Å². The Bertz CT molecular complexity index is 947. The number of nitrogens with one attached hydrogen (secondary N) is 1. The van der Waals surface area contributed by atoms with Crippen molar-refractivity contribution in [2.24, 2.45) is 17.8 Å². The van der Waals surface area contributed by atoms with Crippen LogP contribution in [0.25, 0.3) is 10.8 Å². The molecule has 4 rings (SSSR count). The highest BCUT2D eigenvalue weighted by atomic mass is 79.9. The minimum atomic E-state index is -4.35. The first-order valence-corrected chi connectivity index (χ1v) is 10.7. The van der Waals surface area contributed by atoms with Crippen LogP contribution in [0.3, 0.4) is 0 Å².